The summed E-state index contributed by atoms with van der Waals surface area (Å²) in [4.78, 5) is 15.5. The van der Waals surface area contributed by atoms with E-state index < -0.39 is 19.9 Å². The highest BCUT2D eigenvalue weighted by molar-refractivity contribution is 7.91. The second-order valence-electron chi connectivity index (χ2n) is 11.7. The lowest BCUT2D eigenvalue weighted by molar-refractivity contribution is -0.133. The Kier molecular flexibility index (Phi) is 5.76. The molecule has 1 aromatic rings. The van der Waals surface area contributed by atoms with Crippen molar-refractivity contribution in [2.75, 3.05) is 11.9 Å². The molecule has 2 heterocycles. The second kappa shape index (κ2) is 8.56. The zero-order chi connectivity index (χ0) is 26.3. The molecule has 1 aromatic carbocycles. The minimum atomic E-state index is -4.23. The lowest BCUT2D eigenvalue weighted by Crippen LogP contribution is -2.54. The summed E-state index contributed by atoms with van der Waals surface area (Å²) in [6.45, 7) is 4.75. The molecule has 9 nitrogen and oxygen atoms in total. The zero-order valence-electron chi connectivity index (χ0n) is 21.1. The van der Waals surface area contributed by atoms with Crippen molar-refractivity contribution in [3.05, 3.63) is 35.1 Å². The van der Waals surface area contributed by atoms with Gasteiger partial charge in [0.2, 0.25) is 0 Å². The molecule has 2 bridgehead atoms. The fourth-order valence-corrected chi connectivity index (χ4v) is 9.61. The van der Waals surface area contributed by atoms with Gasteiger partial charge in [0.1, 0.15) is 16.2 Å². The number of rotatable bonds is 7. The number of nitrogens with one attached hydrogen (secondary N) is 1. The number of aliphatic hydroxyl groups is 1. The van der Waals surface area contributed by atoms with Crippen LogP contribution in [-0.4, -0.2) is 56.4 Å². The Bertz CT molecular complexity index is 1440. The maximum Gasteiger partial charge on any atom is 0.286 e. The van der Waals surface area contributed by atoms with Crippen molar-refractivity contribution in [3.8, 4) is 0 Å². The highest BCUT2D eigenvalue weighted by Crippen LogP contribution is 2.55. The Morgan fingerprint density at radius 3 is 2.59 bits per heavy atom. The Morgan fingerprint density at radius 1 is 1.16 bits per heavy atom. The molecule has 200 valence electrons. The van der Waals surface area contributed by atoms with Crippen LogP contribution in [0.1, 0.15) is 57.9 Å². The third-order valence-electron chi connectivity index (χ3n) is 8.65. The van der Waals surface area contributed by atoms with Gasteiger partial charge in [0.25, 0.3) is 15.9 Å². The van der Waals surface area contributed by atoms with Crippen molar-refractivity contribution in [3.63, 3.8) is 0 Å². The number of amidine groups is 1. The summed E-state index contributed by atoms with van der Waals surface area (Å²) in [5.41, 5.74) is 0.539. The lowest BCUT2D eigenvalue weighted by Gasteiger charge is -2.44. The average molecular weight is 548 g/mol. The van der Waals surface area contributed by atoms with Gasteiger partial charge in [-0.05, 0) is 74.0 Å². The summed E-state index contributed by atoms with van der Waals surface area (Å²) in [5.74, 6) is -0.0224. The Labute approximate surface area is 218 Å². The van der Waals surface area contributed by atoms with Crippen LogP contribution in [0, 0.1) is 23.7 Å². The van der Waals surface area contributed by atoms with Crippen LogP contribution in [-0.2, 0) is 30.4 Å². The van der Waals surface area contributed by atoms with Crippen LogP contribution in [0.4, 0.5) is 5.69 Å². The number of aliphatic hydroxyl groups excluding tert-OH is 1. The number of benzene rings is 1. The normalized spacial score (nSPS) is 30.3. The molecule has 0 radical (unpaired) electrons. The predicted molar refractivity (Wildman–Crippen MR) is 139 cm³/mol. The Morgan fingerprint density at radius 2 is 1.89 bits per heavy atom. The smallest absolute Gasteiger partial charge is 0.286 e. The van der Waals surface area contributed by atoms with Crippen LogP contribution < -0.4 is 5.32 Å². The monoisotopic (exact) mass is 547 g/mol. The fourth-order valence-electron chi connectivity index (χ4n) is 6.70. The number of sulfone groups is 1. The Hall–Kier alpha value is -2.40. The van der Waals surface area contributed by atoms with Crippen LogP contribution in [0.25, 0.3) is 0 Å². The molecule has 2 aliphatic heterocycles. The molecule has 3 aliphatic carbocycles. The molecule has 3 fully saturated rings. The average Bonchev–Trinajstić information content (AvgIpc) is 3.49. The highest BCUT2D eigenvalue weighted by Gasteiger charge is 2.57. The largest absolute Gasteiger partial charge is 0.511 e. The van der Waals surface area contributed by atoms with E-state index in [0.717, 1.165) is 25.7 Å². The molecule has 3 saturated carbocycles. The molecule has 0 spiro atoms. The predicted octanol–water partition coefficient (Wildman–Crippen LogP) is 3.39. The van der Waals surface area contributed by atoms with Crippen LogP contribution in [0.15, 0.2) is 38.8 Å². The molecule has 37 heavy (non-hydrogen) atoms. The van der Waals surface area contributed by atoms with Gasteiger partial charge in [-0.25, -0.2) is 8.42 Å². The van der Waals surface area contributed by atoms with Crippen molar-refractivity contribution >= 4 is 37.3 Å². The van der Waals surface area contributed by atoms with E-state index >= 15 is 0 Å². The molecule has 5 aliphatic rings. The van der Waals surface area contributed by atoms with Gasteiger partial charge in [-0.15, -0.1) is 4.40 Å². The topological polar surface area (TPSA) is 133 Å². The van der Waals surface area contributed by atoms with Crippen LogP contribution >= 0.6 is 0 Å². The molecule has 2 N–H and O–H groups in total. The van der Waals surface area contributed by atoms with E-state index in [0.29, 0.717) is 36.8 Å². The number of fused-ring (bicyclic) bond motifs is 6. The van der Waals surface area contributed by atoms with Gasteiger partial charge in [-0.2, -0.15) is 8.42 Å². The zero-order valence-corrected chi connectivity index (χ0v) is 22.7. The fraction of sp³-hybridized carbons (Fsp3) is 0.615. The maximum absolute atomic E-state index is 13.8. The lowest BCUT2D eigenvalue weighted by atomic mass is 9.77. The van der Waals surface area contributed by atoms with Gasteiger partial charge in [-0.3, -0.25) is 4.79 Å². The first-order chi connectivity index (χ1) is 17.5. The first-order valence-electron chi connectivity index (χ1n) is 13.2. The SMILES string of the molecule is CC(C)CCN1C(=O)C(C2=NS(=O)(=O)c3cc(CS(=O)(=O)C4CC4)ccc3N2)=C(O)C2C1[C@H]1CC[C@@H]2C1. The second-order valence-corrected chi connectivity index (χ2v) is 15.5. The molecule has 0 aromatic heterocycles. The number of anilines is 1. The van der Waals surface area contributed by atoms with E-state index in [9.17, 15) is 26.7 Å². The third-order valence-corrected chi connectivity index (χ3v) is 12.2. The maximum atomic E-state index is 13.8. The standard InChI is InChI=1S/C26H33N3O6S2/c1-14(2)9-10-29-23-17-5-4-16(12-17)21(23)24(30)22(26(29)31)25-27-19-8-3-15(11-20(19)37(34,35)28-25)13-36(32,33)18-6-7-18/h3,8,11,14,16-18,21,23,30H,4-7,9-10,12-13H2,1-2H3,(H,27,28)/t16-,17+,21?,23?/m1/s1. The quantitative estimate of drug-likeness (QED) is 0.535. The minimum Gasteiger partial charge on any atom is -0.511 e. The molecule has 0 saturated heterocycles. The molecular weight excluding hydrogens is 514 g/mol. The van der Waals surface area contributed by atoms with Gasteiger partial charge in [0.15, 0.2) is 15.7 Å². The molecule has 1 amide bonds. The number of hydrogen-bond acceptors (Lipinski definition) is 7. The number of hydrogen-bond donors (Lipinski definition) is 2. The number of nitrogens with zero attached hydrogens (tertiary/aromatic N) is 2. The molecular formula is C26H33N3O6S2. The summed E-state index contributed by atoms with van der Waals surface area (Å²) in [7, 11) is -7.55. The van der Waals surface area contributed by atoms with Gasteiger partial charge in [-0.1, -0.05) is 19.9 Å². The first kappa shape index (κ1) is 24.9. The van der Waals surface area contributed by atoms with Gasteiger partial charge in [0, 0.05) is 18.5 Å². The van der Waals surface area contributed by atoms with E-state index in [1.807, 2.05) is 4.90 Å². The van der Waals surface area contributed by atoms with E-state index in [1.165, 1.54) is 12.1 Å². The number of carbonyl (C=O) groups is 1. The molecule has 2 unspecified atom stereocenters. The van der Waals surface area contributed by atoms with Crippen LogP contribution in [0.2, 0.25) is 0 Å². The molecule has 4 atom stereocenters. The van der Waals surface area contributed by atoms with E-state index in [1.54, 1.807) is 6.07 Å². The summed E-state index contributed by atoms with van der Waals surface area (Å²) in [6.07, 6.45) is 5.10. The van der Waals surface area contributed by atoms with E-state index in [2.05, 4.69) is 23.6 Å². The Balaban J connectivity index is 1.36. The van der Waals surface area contributed by atoms with Crippen molar-refractivity contribution in [2.45, 2.75) is 74.3 Å². The van der Waals surface area contributed by atoms with Gasteiger partial charge >= 0.3 is 0 Å². The van der Waals surface area contributed by atoms with Gasteiger partial charge < -0.3 is 15.3 Å². The molecule has 11 heteroatoms. The van der Waals surface area contributed by atoms with E-state index in [-0.39, 0.29) is 62.5 Å². The van der Waals surface area contributed by atoms with Crippen LogP contribution in [0.3, 0.4) is 0 Å². The van der Waals surface area contributed by atoms with Gasteiger partial charge in [0.05, 0.1) is 16.7 Å². The summed E-state index contributed by atoms with van der Waals surface area (Å²) in [6, 6.07) is 4.39. The summed E-state index contributed by atoms with van der Waals surface area (Å²) < 4.78 is 55.3. The van der Waals surface area contributed by atoms with E-state index in [4.69, 9.17) is 0 Å². The number of sulfonamides is 1. The first-order valence-corrected chi connectivity index (χ1v) is 16.3. The molecule has 6 rings (SSSR count). The van der Waals surface area contributed by atoms with Crippen molar-refractivity contribution < 1.29 is 26.7 Å². The summed E-state index contributed by atoms with van der Waals surface area (Å²) >= 11 is 0. The number of carbonyl (C=O) groups excluding carboxylic acids is 1. The van der Waals surface area contributed by atoms with Crippen molar-refractivity contribution in [1.82, 2.24) is 4.90 Å². The summed E-state index contributed by atoms with van der Waals surface area (Å²) in [5, 5.41) is 14.0. The highest BCUT2D eigenvalue weighted by atomic mass is 32.2. The third kappa shape index (κ3) is 4.18. The number of amides is 1. The minimum absolute atomic E-state index is 0.0555. The van der Waals surface area contributed by atoms with Crippen molar-refractivity contribution in [2.24, 2.45) is 28.1 Å². The van der Waals surface area contributed by atoms with Crippen molar-refractivity contribution in [1.29, 1.82) is 0 Å². The van der Waals surface area contributed by atoms with Crippen LogP contribution in [0.5, 0.6) is 0 Å².